The van der Waals surface area contributed by atoms with Gasteiger partial charge in [-0.1, -0.05) is 6.07 Å². The van der Waals surface area contributed by atoms with Crippen LogP contribution in [0.4, 0.5) is 10.8 Å². The number of nitrogens with zero attached hydrogens (tertiary/aromatic N) is 1. The molecular weight excluding hydrogens is 326 g/mol. The number of aromatic amines is 1. The van der Waals surface area contributed by atoms with Gasteiger partial charge in [-0.05, 0) is 17.5 Å². The molecule has 2 aromatic rings. The van der Waals surface area contributed by atoms with Crippen LogP contribution in [-0.4, -0.2) is 44.5 Å². The van der Waals surface area contributed by atoms with Crippen LogP contribution in [0.25, 0.3) is 0 Å². The predicted octanol–water partition coefficient (Wildman–Crippen LogP) is -0.995. The number of nitrogens with one attached hydrogen (secondary N) is 3. The third-order valence-corrected chi connectivity index (χ3v) is 4.93. The van der Waals surface area contributed by atoms with E-state index in [1.165, 1.54) is 16.2 Å². The van der Waals surface area contributed by atoms with E-state index in [-0.39, 0.29) is 5.91 Å². The maximum absolute atomic E-state index is 12.2. The van der Waals surface area contributed by atoms with E-state index in [0.717, 1.165) is 32.0 Å². The second-order valence-corrected chi connectivity index (χ2v) is 6.65. The molecule has 0 saturated carbocycles. The molecule has 24 heavy (non-hydrogen) atoms. The number of piperazine rings is 1. The number of primary amides is 1. The van der Waals surface area contributed by atoms with Gasteiger partial charge in [0.1, 0.15) is 31.2 Å². The molecule has 2 aromatic heterocycles. The molecule has 1 aliphatic heterocycles. The zero-order valence-corrected chi connectivity index (χ0v) is 14.1. The van der Waals surface area contributed by atoms with Crippen molar-refractivity contribution >= 4 is 34.0 Å². The summed E-state index contributed by atoms with van der Waals surface area (Å²) in [7, 11) is 0. The van der Waals surface area contributed by atoms with Gasteiger partial charge in [0, 0.05) is 6.07 Å². The summed E-state index contributed by atoms with van der Waals surface area (Å²) >= 11 is 1.31. The standard InChI is InChI=1S/C16H19N5O2S/c17-15(23)12-4-10-24-16(12)19-14(22)11-20-6-8-21(9-7-20)13-3-1-2-5-18-13/h1-5,10H,6-9,11H2,(H2,17,23)(H,19,22)/p+2. The fourth-order valence-electron chi connectivity index (χ4n) is 2.82. The van der Waals surface area contributed by atoms with Gasteiger partial charge in [0.15, 0.2) is 6.54 Å². The van der Waals surface area contributed by atoms with Crippen LogP contribution in [0.1, 0.15) is 10.4 Å². The second kappa shape index (κ2) is 7.41. The molecule has 7 nitrogen and oxygen atoms in total. The predicted molar refractivity (Wildman–Crippen MR) is 92.2 cm³/mol. The molecule has 1 fully saturated rings. The Morgan fingerprint density at radius 1 is 1.29 bits per heavy atom. The van der Waals surface area contributed by atoms with E-state index in [1.54, 1.807) is 11.4 Å². The number of carbonyl (C=O) groups is 2. The minimum absolute atomic E-state index is 0.0883. The normalized spacial score (nSPS) is 15.2. The molecule has 3 heterocycles. The van der Waals surface area contributed by atoms with Crippen molar-refractivity contribution in [3.05, 3.63) is 41.4 Å². The fourth-order valence-corrected chi connectivity index (χ4v) is 3.63. The largest absolute Gasteiger partial charge is 0.366 e. The molecule has 0 bridgehead atoms. The lowest BCUT2D eigenvalue weighted by Crippen LogP contribution is -3.15. The number of rotatable bonds is 5. The highest BCUT2D eigenvalue weighted by molar-refractivity contribution is 7.14. The van der Waals surface area contributed by atoms with Crippen LogP contribution in [0, 0.1) is 0 Å². The number of thiophene rings is 1. The van der Waals surface area contributed by atoms with Crippen LogP contribution in [-0.2, 0) is 4.79 Å². The molecule has 0 aromatic carbocycles. The highest BCUT2D eigenvalue weighted by Gasteiger charge is 2.27. The number of hydrogen-bond acceptors (Lipinski definition) is 4. The molecule has 1 saturated heterocycles. The monoisotopic (exact) mass is 347 g/mol. The van der Waals surface area contributed by atoms with Crippen LogP contribution < -0.4 is 25.8 Å². The smallest absolute Gasteiger partial charge is 0.280 e. The fraction of sp³-hybridized carbons (Fsp3) is 0.312. The van der Waals surface area contributed by atoms with Crippen molar-refractivity contribution in [2.24, 2.45) is 5.73 Å². The van der Waals surface area contributed by atoms with Gasteiger partial charge in [-0.15, -0.1) is 11.3 Å². The molecule has 0 aliphatic carbocycles. The van der Waals surface area contributed by atoms with Crippen molar-refractivity contribution in [3.63, 3.8) is 0 Å². The summed E-state index contributed by atoms with van der Waals surface area (Å²) in [4.78, 5) is 30.2. The molecule has 2 amide bonds. The van der Waals surface area contributed by atoms with Gasteiger partial charge >= 0.3 is 0 Å². The number of hydrogen-bond donors (Lipinski definition) is 3. The van der Waals surface area contributed by atoms with Crippen molar-refractivity contribution in [2.75, 3.05) is 42.9 Å². The number of carbonyl (C=O) groups excluding carboxylic acids is 2. The number of amides is 2. The van der Waals surface area contributed by atoms with Gasteiger partial charge in [0.05, 0.1) is 11.8 Å². The van der Waals surface area contributed by atoms with E-state index < -0.39 is 5.91 Å². The maximum Gasteiger partial charge on any atom is 0.280 e. The molecule has 3 rings (SSSR count). The van der Waals surface area contributed by atoms with Crippen molar-refractivity contribution < 1.29 is 19.5 Å². The molecule has 0 unspecified atom stereocenters. The molecule has 0 atom stereocenters. The Bertz CT molecular complexity index is 710. The Hall–Kier alpha value is -2.45. The van der Waals surface area contributed by atoms with Crippen molar-refractivity contribution in [2.45, 2.75) is 0 Å². The summed E-state index contributed by atoms with van der Waals surface area (Å²) in [6.07, 6.45) is 1.92. The third kappa shape index (κ3) is 3.90. The Morgan fingerprint density at radius 3 is 2.75 bits per heavy atom. The Balaban J connectivity index is 1.50. The molecule has 5 N–H and O–H groups in total. The summed E-state index contributed by atoms with van der Waals surface area (Å²) < 4.78 is 0. The quantitative estimate of drug-likeness (QED) is 0.648. The molecule has 0 spiro atoms. The Morgan fingerprint density at radius 2 is 2.08 bits per heavy atom. The van der Waals surface area contributed by atoms with E-state index >= 15 is 0 Å². The van der Waals surface area contributed by atoms with Crippen LogP contribution in [0.15, 0.2) is 35.8 Å². The summed E-state index contributed by atoms with van der Waals surface area (Å²) in [5.74, 6) is 0.493. The number of quaternary nitrogens is 1. The minimum atomic E-state index is -0.522. The number of pyridine rings is 1. The van der Waals surface area contributed by atoms with Crippen LogP contribution in [0.2, 0.25) is 0 Å². The van der Waals surface area contributed by atoms with Gasteiger partial charge in [-0.3, -0.25) is 14.5 Å². The van der Waals surface area contributed by atoms with Crippen molar-refractivity contribution in [3.8, 4) is 0 Å². The Kier molecular flexibility index (Phi) is 5.07. The number of aromatic nitrogens is 1. The summed E-state index contributed by atoms with van der Waals surface area (Å²) in [6.45, 7) is 3.97. The molecule has 8 heteroatoms. The van der Waals surface area contributed by atoms with E-state index in [2.05, 4.69) is 21.3 Å². The van der Waals surface area contributed by atoms with Gasteiger partial charge < -0.3 is 16.0 Å². The summed E-state index contributed by atoms with van der Waals surface area (Å²) in [6, 6.07) is 7.65. The van der Waals surface area contributed by atoms with Gasteiger partial charge in [0.2, 0.25) is 0 Å². The zero-order chi connectivity index (χ0) is 16.9. The van der Waals surface area contributed by atoms with Crippen LogP contribution in [0.3, 0.4) is 0 Å². The van der Waals surface area contributed by atoms with Gasteiger partial charge in [-0.2, -0.15) is 0 Å². The lowest BCUT2D eigenvalue weighted by atomic mass is 10.3. The highest BCUT2D eigenvalue weighted by Crippen LogP contribution is 2.22. The molecular formula is C16H21N5O2S+2. The van der Waals surface area contributed by atoms with E-state index in [4.69, 9.17) is 5.73 Å². The lowest BCUT2D eigenvalue weighted by molar-refractivity contribution is -0.892. The van der Waals surface area contributed by atoms with Gasteiger partial charge in [0.25, 0.3) is 17.6 Å². The number of nitrogens with two attached hydrogens (primary N) is 1. The summed E-state index contributed by atoms with van der Waals surface area (Å²) in [5.41, 5.74) is 5.66. The zero-order valence-electron chi connectivity index (χ0n) is 13.2. The van der Waals surface area contributed by atoms with Crippen molar-refractivity contribution in [1.82, 2.24) is 0 Å². The summed E-state index contributed by atoms with van der Waals surface area (Å²) in [5, 5.41) is 5.08. The van der Waals surface area contributed by atoms with Crippen LogP contribution >= 0.6 is 11.3 Å². The highest BCUT2D eigenvalue weighted by atomic mass is 32.1. The number of H-pyrrole nitrogens is 1. The maximum atomic E-state index is 12.2. The van der Waals surface area contributed by atoms with Crippen LogP contribution in [0.5, 0.6) is 0 Å². The lowest BCUT2D eigenvalue weighted by Gasteiger charge is -2.27. The third-order valence-electron chi connectivity index (χ3n) is 4.10. The van der Waals surface area contributed by atoms with E-state index in [1.807, 2.05) is 18.3 Å². The molecule has 1 aliphatic rings. The first-order valence-corrected chi connectivity index (χ1v) is 8.74. The topological polar surface area (TPSA) is 94.0 Å². The first kappa shape index (κ1) is 16.4. The number of anilines is 2. The van der Waals surface area contributed by atoms with Crippen molar-refractivity contribution in [1.29, 1.82) is 0 Å². The van der Waals surface area contributed by atoms with Gasteiger partial charge in [-0.25, -0.2) is 4.98 Å². The molecule has 126 valence electrons. The second-order valence-electron chi connectivity index (χ2n) is 5.74. The first-order valence-electron chi connectivity index (χ1n) is 7.86. The average Bonchev–Trinajstić information content (AvgIpc) is 3.04. The van der Waals surface area contributed by atoms with E-state index in [9.17, 15) is 9.59 Å². The Labute approximate surface area is 144 Å². The average molecular weight is 347 g/mol. The first-order chi connectivity index (χ1) is 11.6. The molecule has 0 radical (unpaired) electrons. The SMILES string of the molecule is NC(=O)c1ccsc1NC(=O)C[NH+]1CCN(c2cccc[nH+]2)CC1. The van der Waals surface area contributed by atoms with E-state index in [0.29, 0.717) is 17.1 Å². The minimum Gasteiger partial charge on any atom is -0.366 e.